The van der Waals surface area contributed by atoms with Crippen molar-refractivity contribution in [1.29, 1.82) is 0 Å². The van der Waals surface area contributed by atoms with Gasteiger partial charge in [-0.1, -0.05) is 30.3 Å². The largest absolute Gasteiger partial charge is 0.383 e. The lowest BCUT2D eigenvalue weighted by Gasteiger charge is -2.32. The van der Waals surface area contributed by atoms with Crippen LogP contribution in [0.15, 0.2) is 30.3 Å². The molecule has 1 saturated heterocycles. The Morgan fingerprint density at radius 3 is 2.67 bits per heavy atom. The second kappa shape index (κ2) is 6.52. The Hall–Kier alpha value is -1.39. The molecule has 1 N–H and O–H groups in total. The molecule has 0 bridgehead atoms. The van der Waals surface area contributed by atoms with E-state index in [1.807, 2.05) is 35.2 Å². The standard InChI is InChI=1S/C14H20N2O2/c1-18-8-7-16(14(17)13-9-15-10-13)11-12-5-3-2-4-6-12/h2-6,13,15H,7-11H2,1H3. The lowest BCUT2D eigenvalue weighted by atomic mass is 10.0. The van der Waals surface area contributed by atoms with Crippen molar-refractivity contribution in [3.63, 3.8) is 0 Å². The molecule has 0 aromatic heterocycles. The number of rotatable bonds is 6. The van der Waals surface area contributed by atoms with Gasteiger partial charge in [-0.25, -0.2) is 0 Å². The quantitative estimate of drug-likeness (QED) is 0.812. The molecule has 0 unspecified atom stereocenters. The highest BCUT2D eigenvalue weighted by Crippen LogP contribution is 2.12. The number of hydrogen-bond acceptors (Lipinski definition) is 3. The Balaban J connectivity index is 1.97. The number of nitrogens with zero attached hydrogens (tertiary/aromatic N) is 1. The summed E-state index contributed by atoms with van der Waals surface area (Å²) in [6, 6.07) is 10.1. The molecule has 1 heterocycles. The van der Waals surface area contributed by atoms with Gasteiger partial charge in [-0.15, -0.1) is 0 Å². The van der Waals surface area contributed by atoms with E-state index in [-0.39, 0.29) is 11.8 Å². The Kier molecular flexibility index (Phi) is 4.73. The molecule has 0 saturated carbocycles. The number of amides is 1. The van der Waals surface area contributed by atoms with E-state index in [0.29, 0.717) is 19.7 Å². The first-order chi connectivity index (χ1) is 8.81. The first-order valence-corrected chi connectivity index (χ1v) is 6.33. The van der Waals surface area contributed by atoms with Gasteiger partial charge in [-0.3, -0.25) is 4.79 Å². The van der Waals surface area contributed by atoms with Gasteiger partial charge in [0, 0.05) is 33.3 Å². The molecule has 4 nitrogen and oxygen atoms in total. The minimum Gasteiger partial charge on any atom is -0.383 e. The summed E-state index contributed by atoms with van der Waals surface area (Å²) in [4.78, 5) is 14.2. The summed E-state index contributed by atoms with van der Waals surface area (Å²) in [7, 11) is 1.66. The van der Waals surface area contributed by atoms with Crippen LogP contribution in [-0.2, 0) is 16.1 Å². The second-order valence-electron chi connectivity index (χ2n) is 4.59. The highest BCUT2D eigenvalue weighted by molar-refractivity contribution is 5.80. The first kappa shape index (κ1) is 13.1. The van der Waals surface area contributed by atoms with Crippen molar-refractivity contribution < 1.29 is 9.53 Å². The second-order valence-corrected chi connectivity index (χ2v) is 4.59. The van der Waals surface area contributed by atoms with Crippen molar-refractivity contribution in [2.45, 2.75) is 6.54 Å². The molecule has 1 aromatic carbocycles. The summed E-state index contributed by atoms with van der Waals surface area (Å²) < 4.78 is 5.08. The van der Waals surface area contributed by atoms with Gasteiger partial charge in [0.25, 0.3) is 0 Å². The van der Waals surface area contributed by atoms with Gasteiger partial charge in [0.15, 0.2) is 0 Å². The van der Waals surface area contributed by atoms with Crippen LogP contribution in [0.4, 0.5) is 0 Å². The molecule has 1 aromatic rings. The lowest BCUT2D eigenvalue weighted by Crippen LogP contribution is -2.52. The maximum atomic E-state index is 12.3. The van der Waals surface area contributed by atoms with Crippen molar-refractivity contribution in [2.75, 3.05) is 33.4 Å². The summed E-state index contributed by atoms with van der Waals surface area (Å²) in [6.45, 7) is 3.51. The van der Waals surface area contributed by atoms with Crippen molar-refractivity contribution in [2.24, 2.45) is 5.92 Å². The molecule has 1 fully saturated rings. The van der Waals surface area contributed by atoms with Gasteiger partial charge in [-0.05, 0) is 5.56 Å². The fourth-order valence-electron chi connectivity index (χ4n) is 1.99. The summed E-state index contributed by atoms with van der Waals surface area (Å²) >= 11 is 0. The van der Waals surface area contributed by atoms with Crippen LogP contribution in [0.1, 0.15) is 5.56 Å². The third-order valence-corrected chi connectivity index (χ3v) is 3.22. The third kappa shape index (κ3) is 3.31. The van der Waals surface area contributed by atoms with Gasteiger partial charge in [0.1, 0.15) is 0 Å². The SMILES string of the molecule is COCCN(Cc1ccccc1)C(=O)C1CNC1. The number of carbonyl (C=O) groups excluding carboxylic acids is 1. The topological polar surface area (TPSA) is 41.6 Å². The molecule has 4 heteroatoms. The Labute approximate surface area is 108 Å². The van der Waals surface area contributed by atoms with E-state index in [1.165, 1.54) is 0 Å². The predicted molar refractivity (Wildman–Crippen MR) is 70.1 cm³/mol. The number of hydrogen-bond donors (Lipinski definition) is 1. The summed E-state index contributed by atoms with van der Waals surface area (Å²) in [5.74, 6) is 0.375. The fraction of sp³-hybridized carbons (Fsp3) is 0.500. The van der Waals surface area contributed by atoms with Gasteiger partial charge >= 0.3 is 0 Å². The Morgan fingerprint density at radius 2 is 2.11 bits per heavy atom. The summed E-state index contributed by atoms with van der Waals surface area (Å²) in [6.07, 6.45) is 0. The van der Waals surface area contributed by atoms with E-state index >= 15 is 0 Å². The van der Waals surface area contributed by atoms with Crippen LogP contribution < -0.4 is 5.32 Å². The molecule has 2 rings (SSSR count). The van der Waals surface area contributed by atoms with Gasteiger partial charge in [0.05, 0.1) is 12.5 Å². The van der Waals surface area contributed by atoms with Crippen molar-refractivity contribution in [3.05, 3.63) is 35.9 Å². The summed E-state index contributed by atoms with van der Waals surface area (Å²) in [5, 5.41) is 3.14. The minimum atomic E-state index is 0.144. The van der Waals surface area contributed by atoms with Crippen LogP contribution in [0, 0.1) is 5.92 Å². The third-order valence-electron chi connectivity index (χ3n) is 3.22. The van der Waals surface area contributed by atoms with Crippen molar-refractivity contribution in [3.8, 4) is 0 Å². The number of benzene rings is 1. The smallest absolute Gasteiger partial charge is 0.228 e. The van der Waals surface area contributed by atoms with Crippen LogP contribution in [0.3, 0.4) is 0 Å². The van der Waals surface area contributed by atoms with Gasteiger partial charge < -0.3 is 15.0 Å². The molecule has 18 heavy (non-hydrogen) atoms. The Bertz CT molecular complexity index is 377. The molecule has 1 aliphatic heterocycles. The number of methoxy groups -OCH3 is 1. The maximum absolute atomic E-state index is 12.3. The normalized spacial score (nSPS) is 15.2. The zero-order valence-electron chi connectivity index (χ0n) is 10.8. The first-order valence-electron chi connectivity index (χ1n) is 6.33. The monoisotopic (exact) mass is 248 g/mol. The average Bonchev–Trinajstić information content (AvgIpc) is 2.33. The minimum absolute atomic E-state index is 0.144. The van der Waals surface area contributed by atoms with Crippen LogP contribution in [-0.4, -0.2) is 44.2 Å². The Morgan fingerprint density at radius 1 is 1.39 bits per heavy atom. The highest BCUT2D eigenvalue weighted by Gasteiger charge is 2.28. The zero-order chi connectivity index (χ0) is 12.8. The molecule has 1 amide bonds. The average molecular weight is 248 g/mol. The van der Waals surface area contributed by atoms with Crippen molar-refractivity contribution in [1.82, 2.24) is 10.2 Å². The molecule has 98 valence electrons. The van der Waals surface area contributed by atoms with E-state index in [1.54, 1.807) is 7.11 Å². The van der Waals surface area contributed by atoms with Crippen molar-refractivity contribution >= 4 is 5.91 Å². The molecule has 0 spiro atoms. The van der Waals surface area contributed by atoms with Gasteiger partial charge in [-0.2, -0.15) is 0 Å². The summed E-state index contributed by atoms with van der Waals surface area (Å²) in [5.41, 5.74) is 1.16. The van der Waals surface area contributed by atoms with Crippen LogP contribution in [0.2, 0.25) is 0 Å². The zero-order valence-corrected chi connectivity index (χ0v) is 10.8. The molecular formula is C14H20N2O2. The fourth-order valence-corrected chi connectivity index (χ4v) is 1.99. The number of nitrogens with one attached hydrogen (secondary N) is 1. The van der Waals surface area contributed by atoms with E-state index < -0.39 is 0 Å². The lowest BCUT2D eigenvalue weighted by molar-refractivity contribution is -0.138. The van der Waals surface area contributed by atoms with E-state index in [2.05, 4.69) is 5.32 Å². The van der Waals surface area contributed by atoms with Crippen LogP contribution in [0.5, 0.6) is 0 Å². The number of carbonyl (C=O) groups is 1. The molecule has 1 aliphatic rings. The van der Waals surface area contributed by atoms with E-state index in [4.69, 9.17) is 4.74 Å². The molecule has 0 aliphatic carbocycles. The van der Waals surface area contributed by atoms with E-state index in [9.17, 15) is 4.79 Å². The van der Waals surface area contributed by atoms with Crippen LogP contribution >= 0.6 is 0 Å². The van der Waals surface area contributed by atoms with Gasteiger partial charge in [0.2, 0.25) is 5.91 Å². The molecule has 0 radical (unpaired) electrons. The predicted octanol–water partition coefficient (Wildman–Crippen LogP) is 0.881. The maximum Gasteiger partial charge on any atom is 0.228 e. The van der Waals surface area contributed by atoms with E-state index in [0.717, 1.165) is 18.7 Å². The number of ether oxygens (including phenoxy) is 1. The molecular weight excluding hydrogens is 228 g/mol. The highest BCUT2D eigenvalue weighted by atomic mass is 16.5. The molecule has 0 atom stereocenters. The van der Waals surface area contributed by atoms with Crippen LogP contribution in [0.25, 0.3) is 0 Å².